The summed E-state index contributed by atoms with van der Waals surface area (Å²) in [6, 6.07) is 3.56. The molecule has 0 aliphatic heterocycles. The second-order valence-corrected chi connectivity index (χ2v) is 2.90. The van der Waals surface area contributed by atoms with Gasteiger partial charge in [0.15, 0.2) is 0 Å². The monoisotopic (exact) mass is 220 g/mol. The molecule has 0 amide bonds. The van der Waals surface area contributed by atoms with Gasteiger partial charge in [-0.05, 0) is 12.1 Å². The van der Waals surface area contributed by atoms with Crippen molar-refractivity contribution in [2.24, 2.45) is 0 Å². The van der Waals surface area contributed by atoms with E-state index in [9.17, 15) is 13.2 Å². The molecule has 0 aliphatic rings. The predicted molar refractivity (Wildman–Crippen MR) is 45.6 cm³/mol. The number of nitrogen functional groups attached to an aromatic ring is 1. The molecule has 0 fully saturated rings. The van der Waals surface area contributed by atoms with E-state index in [1.54, 1.807) is 0 Å². The third kappa shape index (κ3) is 1.75. The van der Waals surface area contributed by atoms with Crippen molar-refractivity contribution in [3.05, 3.63) is 28.3 Å². The van der Waals surface area contributed by atoms with Gasteiger partial charge in [0.05, 0.1) is 27.9 Å². The van der Waals surface area contributed by atoms with Crippen LogP contribution in [0.3, 0.4) is 0 Å². The largest absolute Gasteiger partial charge is 0.419 e. The van der Waals surface area contributed by atoms with Crippen LogP contribution in [0.4, 0.5) is 18.9 Å². The number of nitrogens with two attached hydrogens (primary N) is 1. The molecule has 14 heavy (non-hydrogen) atoms. The zero-order valence-electron chi connectivity index (χ0n) is 6.69. The Morgan fingerprint density at radius 2 is 1.93 bits per heavy atom. The van der Waals surface area contributed by atoms with Gasteiger partial charge in [-0.2, -0.15) is 18.4 Å². The summed E-state index contributed by atoms with van der Waals surface area (Å²) in [7, 11) is 0. The number of nitrogens with zero attached hydrogens (tertiary/aromatic N) is 1. The van der Waals surface area contributed by atoms with Gasteiger partial charge < -0.3 is 5.73 Å². The Kier molecular flexibility index (Phi) is 2.58. The average molecular weight is 221 g/mol. The van der Waals surface area contributed by atoms with Crippen LogP contribution in [0.25, 0.3) is 0 Å². The maximum Gasteiger partial charge on any atom is 0.419 e. The van der Waals surface area contributed by atoms with Crippen LogP contribution in [0.1, 0.15) is 11.1 Å². The lowest BCUT2D eigenvalue weighted by molar-refractivity contribution is -0.137. The molecule has 1 aromatic carbocycles. The van der Waals surface area contributed by atoms with Gasteiger partial charge in [-0.3, -0.25) is 0 Å². The van der Waals surface area contributed by atoms with Crippen LogP contribution in [0.5, 0.6) is 0 Å². The first-order valence-corrected chi connectivity index (χ1v) is 3.81. The molecular formula is C8H4ClF3N2. The zero-order chi connectivity index (χ0) is 10.9. The van der Waals surface area contributed by atoms with Crippen LogP contribution in [0.2, 0.25) is 5.02 Å². The molecule has 0 saturated carbocycles. The van der Waals surface area contributed by atoms with Gasteiger partial charge in [0.25, 0.3) is 0 Å². The highest BCUT2D eigenvalue weighted by atomic mass is 35.5. The molecule has 0 heterocycles. The second kappa shape index (κ2) is 3.39. The van der Waals surface area contributed by atoms with Crippen molar-refractivity contribution >= 4 is 17.3 Å². The third-order valence-corrected chi connectivity index (χ3v) is 1.93. The van der Waals surface area contributed by atoms with Gasteiger partial charge in [-0.25, -0.2) is 0 Å². The average Bonchev–Trinajstić information content (AvgIpc) is 2.07. The first-order chi connectivity index (χ1) is 6.38. The lowest BCUT2D eigenvalue weighted by atomic mass is 10.1. The van der Waals surface area contributed by atoms with Crippen molar-refractivity contribution in [1.82, 2.24) is 0 Å². The van der Waals surface area contributed by atoms with E-state index in [4.69, 9.17) is 22.6 Å². The maximum absolute atomic E-state index is 12.4. The first kappa shape index (κ1) is 10.7. The molecule has 0 saturated heterocycles. The number of benzene rings is 1. The van der Waals surface area contributed by atoms with Crippen molar-refractivity contribution in [3.8, 4) is 6.07 Å². The standard InChI is InChI=1S/C8H4ClF3N2/c9-5-2-1-4(3-13)6(7(5)14)8(10,11)12/h1-2H,14H2. The van der Waals surface area contributed by atoms with Crippen molar-refractivity contribution in [3.63, 3.8) is 0 Å². The highest BCUT2D eigenvalue weighted by molar-refractivity contribution is 6.33. The van der Waals surface area contributed by atoms with Gasteiger partial charge in [0.1, 0.15) is 0 Å². The van der Waals surface area contributed by atoms with E-state index in [1.165, 1.54) is 6.07 Å². The minimum Gasteiger partial charge on any atom is -0.397 e. The van der Waals surface area contributed by atoms with E-state index in [0.29, 0.717) is 0 Å². The summed E-state index contributed by atoms with van der Waals surface area (Å²) in [5, 5.41) is 8.24. The molecule has 6 heteroatoms. The van der Waals surface area contributed by atoms with Gasteiger partial charge in [-0.15, -0.1) is 0 Å². The van der Waals surface area contributed by atoms with E-state index in [2.05, 4.69) is 0 Å². The molecule has 0 unspecified atom stereocenters. The molecule has 0 aromatic heterocycles. The molecule has 1 aromatic rings. The number of alkyl halides is 3. The topological polar surface area (TPSA) is 49.8 Å². The van der Waals surface area contributed by atoms with Crippen molar-refractivity contribution in [1.29, 1.82) is 5.26 Å². The number of halogens is 4. The quantitative estimate of drug-likeness (QED) is 0.684. The van der Waals surface area contributed by atoms with Gasteiger partial charge in [-0.1, -0.05) is 11.6 Å². The van der Waals surface area contributed by atoms with E-state index in [-0.39, 0.29) is 5.02 Å². The SMILES string of the molecule is N#Cc1ccc(Cl)c(N)c1C(F)(F)F. The van der Waals surface area contributed by atoms with Crippen molar-refractivity contribution < 1.29 is 13.2 Å². The van der Waals surface area contributed by atoms with Crippen LogP contribution in [0, 0.1) is 11.3 Å². The molecule has 2 nitrogen and oxygen atoms in total. The van der Waals surface area contributed by atoms with Gasteiger partial charge in [0.2, 0.25) is 0 Å². The number of hydrogen-bond donors (Lipinski definition) is 1. The molecular weight excluding hydrogens is 217 g/mol. The number of anilines is 1. The van der Waals surface area contributed by atoms with Crippen LogP contribution in [-0.2, 0) is 6.18 Å². The summed E-state index contributed by atoms with van der Waals surface area (Å²) >= 11 is 5.41. The Hall–Kier alpha value is -1.41. The summed E-state index contributed by atoms with van der Waals surface area (Å²) < 4.78 is 37.2. The highest BCUT2D eigenvalue weighted by Crippen LogP contribution is 2.38. The number of nitriles is 1. The Labute approximate surface area is 82.7 Å². The maximum atomic E-state index is 12.4. The minimum absolute atomic E-state index is 0.212. The number of rotatable bonds is 0. The molecule has 1 rings (SSSR count). The molecule has 0 aliphatic carbocycles. The molecule has 0 atom stereocenters. The Bertz CT molecular complexity index is 406. The molecule has 0 radical (unpaired) electrons. The van der Waals surface area contributed by atoms with Crippen molar-refractivity contribution in [2.75, 3.05) is 5.73 Å². The smallest absolute Gasteiger partial charge is 0.397 e. The lowest BCUT2D eigenvalue weighted by Gasteiger charge is -2.12. The first-order valence-electron chi connectivity index (χ1n) is 3.43. The van der Waals surface area contributed by atoms with Gasteiger partial charge in [0, 0.05) is 0 Å². The molecule has 2 N–H and O–H groups in total. The summed E-state index contributed by atoms with van der Waals surface area (Å²) in [5.74, 6) is 0. The predicted octanol–water partition coefficient (Wildman–Crippen LogP) is 2.81. The molecule has 0 spiro atoms. The fraction of sp³-hybridized carbons (Fsp3) is 0.125. The summed E-state index contributed by atoms with van der Waals surface area (Å²) in [5.41, 5.74) is 2.83. The van der Waals surface area contributed by atoms with Crippen LogP contribution in [0.15, 0.2) is 12.1 Å². The van der Waals surface area contributed by atoms with Crippen LogP contribution >= 0.6 is 11.6 Å². The Balaban J connectivity index is 3.54. The van der Waals surface area contributed by atoms with E-state index in [1.807, 2.05) is 0 Å². The summed E-state index contributed by atoms with van der Waals surface area (Å²) in [4.78, 5) is 0. The molecule has 74 valence electrons. The fourth-order valence-corrected chi connectivity index (χ4v) is 1.15. The van der Waals surface area contributed by atoms with Crippen molar-refractivity contribution in [2.45, 2.75) is 6.18 Å². The Morgan fingerprint density at radius 1 is 1.36 bits per heavy atom. The second-order valence-electron chi connectivity index (χ2n) is 2.49. The highest BCUT2D eigenvalue weighted by Gasteiger charge is 2.36. The summed E-state index contributed by atoms with van der Waals surface area (Å²) in [6.07, 6.45) is -4.67. The van der Waals surface area contributed by atoms with Gasteiger partial charge >= 0.3 is 6.18 Å². The van der Waals surface area contributed by atoms with E-state index in [0.717, 1.165) is 12.1 Å². The van der Waals surface area contributed by atoms with Crippen LogP contribution in [-0.4, -0.2) is 0 Å². The summed E-state index contributed by atoms with van der Waals surface area (Å²) in [6.45, 7) is 0. The zero-order valence-corrected chi connectivity index (χ0v) is 7.45. The normalized spacial score (nSPS) is 11.1. The Morgan fingerprint density at radius 3 is 2.36 bits per heavy atom. The fourth-order valence-electron chi connectivity index (χ4n) is 0.993. The minimum atomic E-state index is -4.67. The molecule has 0 bridgehead atoms. The lowest BCUT2D eigenvalue weighted by Crippen LogP contribution is -2.11. The third-order valence-electron chi connectivity index (χ3n) is 1.60. The van der Waals surface area contributed by atoms with Crippen LogP contribution < -0.4 is 5.73 Å². The van der Waals surface area contributed by atoms with E-state index >= 15 is 0 Å². The number of hydrogen-bond acceptors (Lipinski definition) is 2. The van der Waals surface area contributed by atoms with E-state index < -0.39 is 23.0 Å².